The molecule has 1 heterocycles. The topological polar surface area (TPSA) is 91.0 Å². The van der Waals surface area contributed by atoms with Gasteiger partial charge >= 0.3 is 6.36 Å². The molecular weight excluding hydrogens is 429 g/mol. The van der Waals surface area contributed by atoms with Gasteiger partial charge in [-0.25, -0.2) is 4.98 Å². The van der Waals surface area contributed by atoms with Gasteiger partial charge in [-0.1, -0.05) is 12.1 Å². The van der Waals surface area contributed by atoms with Gasteiger partial charge in [0, 0.05) is 23.9 Å². The molecule has 0 amide bonds. The highest BCUT2D eigenvalue weighted by atomic mass is 19.4. The van der Waals surface area contributed by atoms with E-state index in [0.29, 0.717) is 25.3 Å². The van der Waals surface area contributed by atoms with Crippen molar-refractivity contribution in [3.05, 3.63) is 36.9 Å². The fourth-order valence-electron chi connectivity index (χ4n) is 4.18. The molecule has 0 spiro atoms. The first-order valence-electron chi connectivity index (χ1n) is 10.3. The molecular formula is C21H27F3N4O4. The van der Waals surface area contributed by atoms with Crippen molar-refractivity contribution in [2.45, 2.75) is 39.1 Å². The lowest BCUT2D eigenvalue weighted by atomic mass is 9.63. The Labute approximate surface area is 184 Å². The number of hydrogen-bond acceptors (Lipinski definition) is 7. The number of aliphatic hydroxyl groups excluding tert-OH is 1. The Balaban J connectivity index is 1.75. The number of oxime groups is 1. The molecule has 1 fully saturated rings. The Hall–Kier alpha value is -2.82. The summed E-state index contributed by atoms with van der Waals surface area (Å²) in [6.45, 7) is 2.93. The molecule has 2 aromatic rings. The molecule has 1 aromatic carbocycles. The quantitative estimate of drug-likeness (QED) is 0.579. The van der Waals surface area contributed by atoms with Gasteiger partial charge in [0.15, 0.2) is 0 Å². The number of ether oxygens (including phenoxy) is 2. The van der Waals surface area contributed by atoms with E-state index in [1.165, 1.54) is 37.7 Å². The zero-order chi connectivity index (χ0) is 23.2. The van der Waals surface area contributed by atoms with Crippen LogP contribution in [0.4, 0.5) is 13.2 Å². The van der Waals surface area contributed by atoms with E-state index in [1.54, 1.807) is 11.0 Å². The minimum atomic E-state index is -4.74. The second-order valence-electron chi connectivity index (χ2n) is 8.05. The predicted octanol–water partition coefficient (Wildman–Crippen LogP) is 3.67. The van der Waals surface area contributed by atoms with E-state index in [9.17, 15) is 18.3 Å². The van der Waals surface area contributed by atoms with Gasteiger partial charge in [-0.2, -0.15) is 5.10 Å². The average molecular weight is 456 g/mol. The highest BCUT2D eigenvalue weighted by Gasteiger charge is 2.44. The van der Waals surface area contributed by atoms with Gasteiger partial charge in [-0.05, 0) is 43.5 Å². The molecule has 0 bridgehead atoms. The zero-order valence-electron chi connectivity index (χ0n) is 18.0. The standard InChI is InChI=1S/C21H27F3N4O4/c1-20(9-10-29)8-7-15(18(19(20)27-30-2)11-28-14-25-13-26-28)12-31-16-3-5-17(6-4-16)32-21(22,23)24/h3-6,13-15,18,29H,7-12H2,1-2H3/t15-,18-,20-/m0/s1. The summed E-state index contributed by atoms with van der Waals surface area (Å²) in [5.74, 6) is 0.0922. The Morgan fingerprint density at radius 1 is 1.25 bits per heavy atom. The van der Waals surface area contributed by atoms with E-state index in [0.717, 1.165) is 18.6 Å². The lowest BCUT2D eigenvalue weighted by Crippen LogP contribution is -2.46. The van der Waals surface area contributed by atoms with E-state index in [-0.39, 0.29) is 29.6 Å². The number of aliphatic hydroxyl groups is 1. The molecule has 1 N–H and O–H groups in total. The van der Waals surface area contributed by atoms with E-state index in [4.69, 9.17) is 9.57 Å². The van der Waals surface area contributed by atoms with E-state index >= 15 is 0 Å². The van der Waals surface area contributed by atoms with Gasteiger partial charge < -0.3 is 19.4 Å². The molecule has 176 valence electrons. The third kappa shape index (κ3) is 6.12. The number of benzene rings is 1. The maximum Gasteiger partial charge on any atom is 0.573 e. The van der Waals surface area contributed by atoms with Gasteiger partial charge in [0.05, 0.1) is 18.9 Å². The minimum absolute atomic E-state index is 0.0305. The second-order valence-corrected chi connectivity index (χ2v) is 8.05. The van der Waals surface area contributed by atoms with Crippen molar-refractivity contribution in [1.29, 1.82) is 0 Å². The Kier molecular flexibility index (Phi) is 7.60. The molecule has 0 radical (unpaired) electrons. The summed E-state index contributed by atoms with van der Waals surface area (Å²) in [6, 6.07) is 5.31. The van der Waals surface area contributed by atoms with Crippen LogP contribution in [-0.4, -0.2) is 52.3 Å². The maximum atomic E-state index is 12.3. The molecule has 32 heavy (non-hydrogen) atoms. The van der Waals surface area contributed by atoms with Crippen molar-refractivity contribution in [2.24, 2.45) is 22.4 Å². The van der Waals surface area contributed by atoms with Crippen molar-refractivity contribution < 1.29 is 32.6 Å². The van der Waals surface area contributed by atoms with Crippen LogP contribution in [0.25, 0.3) is 0 Å². The predicted molar refractivity (Wildman–Crippen MR) is 109 cm³/mol. The van der Waals surface area contributed by atoms with E-state index in [2.05, 4.69) is 26.9 Å². The van der Waals surface area contributed by atoms with Crippen LogP contribution in [0.5, 0.6) is 11.5 Å². The number of nitrogens with zero attached hydrogens (tertiary/aromatic N) is 4. The first kappa shape index (κ1) is 23.8. The summed E-state index contributed by atoms with van der Waals surface area (Å²) in [6.07, 6.45) is 0.497. The van der Waals surface area contributed by atoms with Gasteiger partial charge in [-0.15, -0.1) is 13.2 Å². The van der Waals surface area contributed by atoms with Crippen LogP contribution in [0.1, 0.15) is 26.2 Å². The van der Waals surface area contributed by atoms with Crippen molar-refractivity contribution >= 4 is 5.71 Å². The summed E-state index contributed by atoms with van der Waals surface area (Å²) in [5, 5.41) is 18.1. The van der Waals surface area contributed by atoms with Gasteiger partial charge in [0.1, 0.15) is 31.3 Å². The van der Waals surface area contributed by atoms with Crippen LogP contribution in [0.15, 0.2) is 42.1 Å². The molecule has 0 aliphatic heterocycles. The van der Waals surface area contributed by atoms with E-state index < -0.39 is 6.36 Å². The van der Waals surface area contributed by atoms with Gasteiger partial charge in [0.2, 0.25) is 0 Å². The Morgan fingerprint density at radius 2 is 1.97 bits per heavy atom. The van der Waals surface area contributed by atoms with Crippen molar-refractivity contribution in [1.82, 2.24) is 14.8 Å². The average Bonchev–Trinajstić information content (AvgIpc) is 3.24. The molecule has 3 atom stereocenters. The summed E-state index contributed by atoms with van der Waals surface area (Å²) < 4.78 is 48.6. The number of alkyl halides is 3. The number of rotatable bonds is 9. The zero-order valence-corrected chi connectivity index (χ0v) is 18.0. The first-order chi connectivity index (χ1) is 15.2. The molecule has 3 rings (SSSR count). The van der Waals surface area contributed by atoms with Crippen LogP contribution in [0, 0.1) is 17.3 Å². The highest BCUT2D eigenvalue weighted by Crippen LogP contribution is 2.43. The highest BCUT2D eigenvalue weighted by molar-refractivity contribution is 5.92. The van der Waals surface area contributed by atoms with E-state index in [1.807, 2.05) is 0 Å². The second kappa shape index (κ2) is 10.2. The molecule has 1 aliphatic rings. The smallest absolute Gasteiger partial charge is 0.493 e. The minimum Gasteiger partial charge on any atom is -0.493 e. The Bertz CT molecular complexity index is 874. The molecule has 1 aliphatic carbocycles. The molecule has 11 heteroatoms. The van der Waals surface area contributed by atoms with Crippen molar-refractivity contribution in [3.8, 4) is 11.5 Å². The molecule has 0 saturated heterocycles. The molecule has 1 saturated carbocycles. The van der Waals surface area contributed by atoms with Crippen LogP contribution in [0.2, 0.25) is 0 Å². The fraction of sp³-hybridized carbons (Fsp3) is 0.571. The summed E-state index contributed by atoms with van der Waals surface area (Å²) in [5.41, 5.74) is 0.502. The number of hydrogen-bond donors (Lipinski definition) is 1. The first-order valence-corrected chi connectivity index (χ1v) is 10.3. The Morgan fingerprint density at radius 3 is 2.56 bits per heavy atom. The largest absolute Gasteiger partial charge is 0.573 e. The lowest BCUT2D eigenvalue weighted by molar-refractivity contribution is -0.274. The molecule has 1 aromatic heterocycles. The van der Waals surface area contributed by atoms with Gasteiger partial charge in [-0.3, -0.25) is 4.68 Å². The molecule has 8 nitrogen and oxygen atoms in total. The third-order valence-electron chi connectivity index (χ3n) is 5.83. The SMILES string of the molecule is CON=C1[C@@H](Cn2cncn2)[C@H](COc2ccc(OC(F)(F)F)cc2)CC[C@@]1(C)CCO. The number of halogens is 3. The monoisotopic (exact) mass is 456 g/mol. The summed E-state index contributed by atoms with van der Waals surface area (Å²) >= 11 is 0. The van der Waals surface area contributed by atoms with Crippen molar-refractivity contribution in [3.63, 3.8) is 0 Å². The lowest BCUT2D eigenvalue weighted by Gasteiger charge is -2.43. The van der Waals surface area contributed by atoms with Crippen LogP contribution in [0.3, 0.4) is 0 Å². The summed E-state index contributed by atoms with van der Waals surface area (Å²) in [4.78, 5) is 9.15. The number of aromatic nitrogens is 3. The van der Waals surface area contributed by atoms with Crippen molar-refractivity contribution in [2.75, 3.05) is 20.3 Å². The van der Waals surface area contributed by atoms with Gasteiger partial charge in [0.25, 0.3) is 0 Å². The third-order valence-corrected chi connectivity index (χ3v) is 5.83. The molecule has 0 unspecified atom stereocenters. The normalized spacial score (nSPS) is 25.0. The summed E-state index contributed by atoms with van der Waals surface area (Å²) in [7, 11) is 1.49. The fourth-order valence-corrected chi connectivity index (χ4v) is 4.18. The van der Waals surface area contributed by atoms with Crippen LogP contribution < -0.4 is 9.47 Å². The van der Waals surface area contributed by atoms with Crippen LogP contribution >= 0.6 is 0 Å². The van der Waals surface area contributed by atoms with Crippen LogP contribution in [-0.2, 0) is 11.4 Å². The maximum absolute atomic E-state index is 12.3.